The van der Waals surface area contributed by atoms with Gasteiger partial charge in [-0.05, 0) is 25.5 Å². The maximum absolute atomic E-state index is 11.9. The molecule has 0 unspecified atom stereocenters. The Balaban J connectivity index is 2.77. The number of thioether (sulfide) groups is 1. The van der Waals surface area contributed by atoms with Crippen LogP contribution in [-0.2, 0) is 20.9 Å². The van der Waals surface area contributed by atoms with E-state index in [9.17, 15) is 10.1 Å². The van der Waals surface area contributed by atoms with Crippen molar-refractivity contribution in [3.05, 3.63) is 22.9 Å². The Morgan fingerprint density at radius 2 is 2.23 bits per heavy atom. The third-order valence-corrected chi connectivity index (χ3v) is 3.75. The molecule has 1 rings (SSSR count). The molecule has 0 saturated carbocycles. The molecule has 1 aromatic heterocycles. The van der Waals surface area contributed by atoms with Crippen LogP contribution in [0.25, 0.3) is 0 Å². The summed E-state index contributed by atoms with van der Waals surface area (Å²) in [6.07, 6.45) is 0. The van der Waals surface area contributed by atoms with E-state index in [1.165, 1.54) is 11.8 Å². The predicted molar refractivity (Wildman–Crippen MR) is 84.6 cm³/mol. The molecule has 6 nitrogen and oxygen atoms in total. The van der Waals surface area contributed by atoms with Crippen LogP contribution in [-0.4, -0.2) is 43.5 Å². The molecule has 0 saturated heterocycles. The number of amides is 1. The number of nitrogens with one attached hydrogen (secondary N) is 1. The van der Waals surface area contributed by atoms with Crippen LogP contribution in [0.4, 0.5) is 0 Å². The average molecular weight is 323 g/mol. The quantitative estimate of drug-likeness (QED) is 0.732. The van der Waals surface area contributed by atoms with E-state index in [0.717, 1.165) is 11.3 Å². The van der Waals surface area contributed by atoms with Crippen molar-refractivity contribution >= 4 is 17.7 Å². The number of hydrogen-bond donors (Lipinski definition) is 1. The number of aromatic nitrogens is 1. The third kappa shape index (κ3) is 5.64. The molecule has 1 amide bonds. The topological polar surface area (TPSA) is 84.2 Å². The van der Waals surface area contributed by atoms with Crippen LogP contribution >= 0.6 is 11.8 Å². The van der Waals surface area contributed by atoms with Crippen molar-refractivity contribution < 1.29 is 14.3 Å². The minimum Gasteiger partial charge on any atom is -0.383 e. The Kier molecular flexibility index (Phi) is 7.88. The van der Waals surface area contributed by atoms with E-state index < -0.39 is 0 Å². The number of nitriles is 1. The van der Waals surface area contributed by atoms with Crippen LogP contribution in [0.3, 0.4) is 0 Å². The maximum atomic E-state index is 11.9. The van der Waals surface area contributed by atoms with E-state index in [-0.39, 0.29) is 17.7 Å². The minimum atomic E-state index is -0.116. The largest absolute Gasteiger partial charge is 0.383 e. The van der Waals surface area contributed by atoms with Gasteiger partial charge in [0.1, 0.15) is 11.1 Å². The van der Waals surface area contributed by atoms with Crippen molar-refractivity contribution in [1.82, 2.24) is 10.3 Å². The summed E-state index contributed by atoms with van der Waals surface area (Å²) in [5.74, 6) is 0.0843. The van der Waals surface area contributed by atoms with Gasteiger partial charge in [-0.3, -0.25) is 4.79 Å². The highest BCUT2D eigenvalue weighted by atomic mass is 32.2. The van der Waals surface area contributed by atoms with Gasteiger partial charge in [0.2, 0.25) is 5.91 Å². The van der Waals surface area contributed by atoms with E-state index in [1.807, 2.05) is 19.9 Å². The molecule has 1 heterocycles. The summed E-state index contributed by atoms with van der Waals surface area (Å²) in [5, 5.41) is 12.7. The van der Waals surface area contributed by atoms with Crippen LogP contribution in [0.1, 0.15) is 23.7 Å². The fourth-order valence-electron chi connectivity index (χ4n) is 1.95. The number of aryl methyl sites for hydroxylation is 1. The molecule has 7 heteroatoms. The zero-order valence-corrected chi connectivity index (χ0v) is 14.1. The van der Waals surface area contributed by atoms with E-state index in [4.69, 9.17) is 9.47 Å². The molecule has 0 spiro atoms. The van der Waals surface area contributed by atoms with Crippen molar-refractivity contribution in [2.75, 3.05) is 26.6 Å². The van der Waals surface area contributed by atoms with Gasteiger partial charge >= 0.3 is 0 Å². The van der Waals surface area contributed by atoms with E-state index in [2.05, 4.69) is 16.4 Å². The summed E-state index contributed by atoms with van der Waals surface area (Å²) >= 11 is 1.25. The van der Waals surface area contributed by atoms with Gasteiger partial charge < -0.3 is 14.8 Å². The Labute approximate surface area is 135 Å². The molecule has 0 bridgehead atoms. The SMILES string of the molecule is COCc1cc(C)nc(SCC(=O)N[C@@H](C)COC)c1C#N. The molecule has 0 fully saturated rings. The van der Waals surface area contributed by atoms with Gasteiger partial charge in [0.05, 0.1) is 24.5 Å². The van der Waals surface area contributed by atoms with Gasteiger partial charge in [0.15, 0.2) is 0 Å². The molecule has 0 radical (unpaired) electrons. The van der Waals surface area contributed by atoms with E-state index in [0.29, 0.717) is 23.8 Å². The number of carbonyl (C=O) groups excluding carboxylic acids is 1. The molecular weight excluding hydrogens is 302 g/mol. The van der Waals surface area contributed by atoms with Crippen LogP contribution in [0, 0.1) is 18.3 Å². The second kappa shape index (κ2) is 9.41. The fraction of sp³-hybridized carbons (Fsp3) is 0.533. The molecule has 0 aliphatic rings. The summed E-state index contributed by atoms with van der Waals surface area (Å²) in [6.45, 7) is 4.52. The summed E-state index contributed by atoms with van der Waals surface area (Å²) in [5.41, 5.74) is 2.05. The van der Waals surface area contributed by atoms with E-state index in [1.54, 1.807) is 14.2 Å². The molecule has 1 N–H and O–H groups in total. The lowest BCUT2D eigenvalue weighted by molar-refractivity contribution is -0.119. The van der Waals surface area contributed by atoms with Gasteiger partial charge in [0, 0.05) is 26.0 Å². The van der Waals surface area contributed by atoms with Gasteiger partial charge in [-0.15, -0.1) is 0 Å². The van der Waals surface area contributed by atoms with Crippen LogP contribution in [0.2, 0.25) is 0 Å². The van der Waals surface area contributed by atoms with Crippen molar-refractivity contribution in [3.63, 3.8) is 0 Å². The van der Waals surface area contributed by atoms with Crippen LogP contribution in [0.5, 0.6) is 0 Å². The first-order valence-electron chi connectivity index (χ1n) is 6.82. The molecule has 1 aromatic rings. The summed E-state index contributed by atoms with van der Waals surface area (Å²) in [7, 11) is 3.17. The van der Waals surface area contributed by atoms with Gasteiger partial charge in [-0.25, -0.2) is 4.98 Å². The molecule has 0 aliphatic heterocycles. The minimum absolute atomic E-state index is 0.0527. The van der Waals surface area contributed by atoms with Gasteiger partial charge in [0.25, 0.3) is 0 Å². The first-order valence-corrected chi connectivity index (χ1v) is 7.81. The first kappa shape index (κ1) is 18.4. The zero-order valence-electron chi connectivity index (χ0n) is 13.3. The second-order valence-electron chi connectivity index (χ2n) is 4.86. The highest BCUT2D eigenvalue weighted by molar-refractivity contribution is 8.00. The van der Waals surface area contributed by atoms with Crippen LogP contribution in [0.15, 0.2) is 11.1 Å². The number of ether oxygens (including phenoxy) is 2. The zero-order chi connectivity index (χ0) is 16.5. The number of carbonyl (C=O) groups is 1. The molecule has 120 valence electrons. The standard InChI is InChI=1S/C15H21N3O3S/c1-10-5-12(8-21-4)13(6-16)15(18-10)22-9-14(19)17-11(2)7-20-3/h5,11H,7-9H2,1-4H3,(H,17,19)/t11-/m0/s1. The Bertz CT molecular complexity index is 558. The summed E-state index contributed by atoms with van der Waals surface area (Å²) < 4.78 is 10.1. The number of pyridine rings is 1. The Morgan fingerprint density at radius 1 is 1.50 bits per heavy atom. The predicted octanol–water partition coefficient (Wildman–Crippen LogP) is 1.65. The third-order valence-electron chi connectivity index (χ3n) is 2.77. The lowest BCUT2D eigenvalue weighted by Crippen LogP contribution is -2.36. The number of nitrogens with zero attached hydrogens (tertiary/aromatic N) is 2. The summed E-state index contributed by atoms with van der Waals surface area (Å²) in [4.78, 5) is 16.2. The molecular formula is C15H21N3O3S. The Morgan fingerprint density at radius 3 is 2.82 bits per heavy atom. The first-order chi connectivity index (χ1) is 10.5. The highest BCUT2D eigenvalue weighted by Crippen LogP contribution is 2.24. The normalized spacial score (nSPS) is 11.8. The van der Waals surface area contributed by atoms with Crippen LogP contribution < -0.4 is 5.32 Å². The van der Waals surface area contributed by atoms with E-state index >= 15 is 0 Å². The van der Waals surface area contributed by atoms with Gasteiger partial charge in [-0.2, -0.15) is 5.26 Å². The maximum Gasteiger partial charge on any atom is 0.230 e. The molecule has 0 aromatic carbocycles. The van der Waals surface area contributed by atoms with Crippen molar-refractivity contribution in [1.29, 1.82) is 5.26 Å². The number of hydrogen-bond acceptors (Lipinski definition) is 6. The van der Waals surface area contributed by atoms with Crippen molar-refractivity contribution in [2.45, 2.75) is 31.5 Å². The van der Waals surface area contributed by atoms with Crippen molar-refractivity contribution in [2.24, 2.45) is 0 Å². The lowest BCUT2D eigenvalue weighted by Gasteiger charge is -2.13. The number of methoxy groups -OCH3 is 2. The monoisotopic (exact) mass is 323 g/mol. The highest BCUT2D eigenvalue weighted by Gasteiger charge is 2.14. The molecule has 1 atom stereocenters. The fourth-order valence-corrected chi connectivity index (χ4v) is 2.83. The van der Waals surface area contributed by atoms with Gasteiger partial charge in [-0.1, -0.05) is 11.8 Å². The average Bonchev–Trinajstić information content (AvgIpc) is 2.45. The molecule has 22 heavy (non-hydrogen) atoms. The molecule has 0 aliphatic carbocycles. The smallest absolute Gasteiger partial charge is 0.230 e. The number of rotatable bonds is 8. The summed E-state index contributed by atoms with van der Waals surface area (Å²) in [6, 6.07) is 3.92. The Hall–Kier alpha value is -1.62. The lowest BCUT2D eigenvalue weighted by atomic mass is 10.1. The van der Waals surface area contributed by atoms with Crippen molar-refractivity contribution in [3.8, 4) is 6.07 Å². The second-order valence-corrected chi connectivity index (χ2v) is 5.82.